The summed E-state index contributed by atoms with van der Waals surface area (Å²) in [5.41, 5.74) is 0. The maximum absolute atomic E-state index is 10.5. The summed E-state index contributed by atoms with van der Waals surface area (Å²) in [6.45, 7) is 2.50. The standard InChI is InChI=1S/C7H14O4/c1-4(3-8)6(10)7(11)5(2)9/h4,6-8,10-11H,3H2,1-2H3/t4-,6-,7-/m1/s1. The molecule has 4 heteroatoms. The number of carbonyl (C=O) groups is 1. The monoisotopic (exact) mass is 162 g/mol. The molecule has 0 rings (SSSR count). The van der Waals surface area contributed by atoms with Crippen LogP contribution in [0.4, 0.5) is 0 Å². The largest absolute Gasteiger partial charge is 0.396 e. The van der Waals surface area contributed by atoms with Gasteiger partial charge in [0.2, 0.25) is 0 Å². The lowest BCUT2D eigenvalue weighted by atomic mass is 9.99. The maximum atomic E-state index is 10.5. The second-order valence-electron chi connectivity index (χ2n) is 2.71. The van der Waals surface area contributed by atoms with Crippen LogP contribution in [0.15, 0.2) is 0 Å². The van der Waals surface area contributed by atoms with Gasteiger partial charge in [0.25, 0.3) is 0 Å². The van der Waals surface area contributed by atoms with E-state index in [1.54, 1.807) is 6.92 Å². The van der Waals surface area contributed by atoms with Gasteiger partial charge in [-0.05, 0) is 6.92 Å². The molecule has 0 spiro atoms. The Labute approximate surface area is 65.5 Å². The summed E-state index contributed by atoms with van der Waals surface area (Å²) in [5, 5.41) is 26.7. The maximum Gasteiger partial charge on any atom is 0.160 e. The minimum Gasteiger partial charge on any atom is -0.396 e. The Hall–Kier alpha value is -0.450. The number of Topliss-reactive ketones (excluding diaryl/α,β-unsaturated/α-hetero) is 1. The number of aliphatic hydroxyl groups is 3. The zero-order valence-corrected chi connectivity index (χ0v) is 6.69. The number of ketones is 1. The van der Waals surface area contributed by atoms with E-state index in [1.165, 1.54) is 6.92 Å². The fourth-order valence-corrected chi connectivity index (χ4v) is 0.660. The van der Waals surface area contributed by atoms with E-state index in [0.717, 1.165) is 0 Å². The topological polar surface area (TPSA) is 77.8 Å². The van der Waals surface area contributed by atoms with Gasteiger partial charge in [-0.25, -0.2) is 0 Å². The lowest BCUT2D eigenvalue weighted by Gasteiger charge is -2.19. The average molecular weight is 162 g/mol. The molecule has 3 atom stereocenters. The second kappa shape index (κ2) is 4.43. The summed E-state index contributed by atoms with van der Waals surface area (Å²) in [5.74, 6) is -0.966. The quantitative estimate of drug-likeness (QED) is 0.491. The first-order chi connectivity index (χ1) is 5.00. The summed E-state index contributed by atoms with van der Waals surface area (Å²) in [4.78, 5) is 10.5. The molecule has 0 aliphatic carbocycles. The van der Waals surface area contributed by atoms with Gasteiger partial charge < -0.3 is 15.3 Å². The predicted octanol–water partition coefficient (Wildman–Crippen LogP) is -1.07. The van der Waals surface area contributed by atoms with Crippen LogP contribution >= 0.6 is 0 Å². The van der Waals surface area contributed by atoms with E-state index >= 15 is 0 Å². The molecule has 4 nitrogen and oxygen atoms in total. The first-order valence-corrected chi connectivity index (χ1v) is 3.48. The van der Waals surface area contributed by atoms with Crippen molar-refractivity contribution >= 4 is 5.78 Å². The molecule has 0 radical (unpaired) electrons. The zero-order chi connectivity index (χ0) is 9.02. The second-order valence-corrected chi connectivity index (χ2v) is 2.71. The van der Waals surface area contributed by atoms with Crippen LogP contribution in [0.3, 0.4) is 0 Å². The normalized spacial score (nSPS) is 19.0. The Bertz CT molecular complexity index is 134. The fourth-order valence-electron chi connectivity index (χ4n) is 0.660. The van der Waals surface area contributed by atoms with Crippen LogP contribution in [0.1, 0.15) is 13.8 Å². The molecular weight excluding hydrogens is 148 g/mol. The van der Waals surface area contributed by atoms with E-state index in [1.807, 2.05) is 0 Å². The first-order valence-electron chi connectivity index (χ1n) is 3.48. The van der Waals surface area contributed by atoms with Crippen LogP contribution in [-0.4, -0.2) is 39.9 Å². The van der Waals surface area contributed by atoms with Crippen molar-refractivity contribution in [1.29, 1.82) is 0 Å². The number of hydrogen-bond acceptors (Lipinski definition) is 4. The van der Waals surface area contributed by atoms with E-state index in [0.29, 0.717) is 0 Å². The van der Waals surface area contributed by atoms with Crippen molar-refractivity contribution < 1.29 is 20.1 Å². The molecule has 3 N–H and O–H groups in total. The lowest BCUT2D eigenvalue weighted by molar-refractivity contribution is -0.133. The van der Waals surface area contributed by atoms with Crippen molar-refractivity contribution in [2.24, 2.45) is 5.92 Å². The van der Waals surface area contributed by atoms with Crippen LogP contribution in [0.25, 0.3) is 0 Å². The van der Waals surface area contributed by atoms with Gasteiger partial charge >= 0.3 is 0 Å². The minimum atomic E-state index is -1.38. The highest BCUT2D eigenvalue weighted by Crippen LogP contribution is 2.06. The third-order valence-electron chi connectivity index (χ3n) is 1.61. The van der Waals surface area contributed by atoms with Gasteiger partial charge in [0.15, 0.2) is 5.78 Å². The van der Waals surface area contributed by atoms with Gasteiger partial charge in [0, 0.05) is 12.5 Å². The lowest BCUT2D eigenvalue weighted by Crippen LogP contribution is -2.38. The fraction of sp³-hybridized carbons (Fsp3) is 0.857. The van der Waals surface area contributed by atoms with Gasteiger partial charge in [-0.1, -0.05) is 6.92 Å². The van der Waals surface area contributed by atoms with E-state index < -0.39 is 23.9 Å². The van der Waals surface area contributed by atoms with Crippen LogP contribution in [0, 0.1) is 5.92 Å². The highest BCUT2D eigenvalue weighted by atomic mass is 16.3. The summed E-state index contributed by atoms with van der Waals surface area (Å²) >= 11 is 0. The van der Waals surface area contributed by atoms with Gasteiger partial charge in [-0.3, -0.25) is 4.79 Å². The molecule has 0 bridgehead atoms. The molecule has 66 valence electrons. The van der Waals surface area contributed by atoms with Crippen molar-refractivity contribution in [3.05, 3.63) is 0 Å². The van der Waals surface area contributed by atoms with Gasteiger partial charge in [-0.2, -0.15) is 0 Å². The van der Waals surface area contributed by atoms with Crippen molar-refractivity contribution in [2.75, 3.05) is 6.61 Å². The molecule has 0 saturated carbocycles. The molecule has 0 aliphatic rings. The van der Waals surface area contributed by atoms with Crippen molar-refractivity contribution in [1.82, 2.24) is 0 Å². The smallest absolute Gasteiger partial charge is 0.160 e. The Balaban J connectivity index is 4.00. The molecular formula is C7H14O4. The molecule has 0 amide bonds. The summed E-state index contributed by atoms with van der Waals surface area (Å²) in [6.07, 6.45) is -2.55. The first kappa shape index (κ1) is 10.6. The zero-order valence-electron chi connectivity index (χ0n) is 6.69. The molecule has 0 aromatic carbocycles. The highest BCUT2D eigenvalue weighted by molar-refractivity contribution is 5.80. The summed E-state index contributed by atoms with van der Waals surface area (Å²) in [6, 6.07) is 0. The average Bonchev–Trinajstić information content (AvgIpc) is 2.00. The number of rotatable bonds is 4. The van der Waals surface area contributed by atoms with E-state index in [4.69, 9.17) is 15.3 Å². The highest BCUT2D eigenvalue weighted by Gasteiger charge is 2.25. The Morgan fingerprint density at radius 3 is 2.18 bits per heavy atom. The number of carbonyl (C=O) groups excluding carboxylic acids is 1. The van der Waals surface area contributed by atoms with Gasteiger partial charge in [-0.15, -0.1) is 0 Å². The Morgan fingerprint density at radius 2 is 1.91 bits per heavy atom. The van der Waals surface area contributed by atoms with Crippen molar-refractivity contribution in [3.8, 4) is 0 Å². The summed E-state index contributed by atoms with van der Waals surface area (Å²) < 4.78 is 0. The third-order valence-corrected chi connectivity index (χ3v) is 1.61. The van der Waals surface area contributed by atoms with Gasteiger partial charge in [0.05, 0.1) is 6.10 Å². The van der Waals surface area contributed by atoms with E-state index in [-0.39, 0.29) is 6.61 Å². The van der Waals surface area contributed by atoms with Crippen LogP contribution in [0.2, 0.25) is 0 Å². The van der Waals surface area contributed by atoms with Crippen LogP contribution in [0.5, 0.6) is 0 Å². The van der Waals surface area contributed by atoms with Crippen LogP contribution < -0.4 is 0 Å². The molecule has 0 saturated heterocycles. The molecule has 0 heterocycles. The molecule has 0 unspecified atom stereocenters. The molecule has 0 aliphatic heterocycles. The molecule has 0 fully saturated rings. The summed E-state index contributed by atoms with van der Waals surface area (Å²) in [7, 11) is 0. The van der Waals surface area contributed by atoms with Crippen molar-refractivity contribution in [3.63, 3.8) is 0 Å². The minimum absolute atomic E-state index is 0.245. The number of hydrogen-bond donors (Lipinski definition) is 3. The van der Waals surface area contributed by atoms with E-state index in [2.05, 4.69) is 0 Å². The predicted molar refractivity (Wildman–Crippen MR) is 38.9 cm³/mol. The van der Waals surface area contributed by atoms with Crippen molar-refractivity contribution in [2.45, 2.75) is 26.1 Å². The molecule has 0 aromatic rings. The van der Waals surface area contributed by atoms with Crippen LogP contribution in [-0.2, 0) is 4.79 Å². The van der Waals surface area contributed by atoms with Gasteiger partial charge in [0.1, 0.15) is 6.10 Å². The molecule has 11 heavy (non-hydrogen) atoms. The number of aliphatic hydroxyl groups excluding tert-OH is 3. The molecule has 0 aromatic heterocycles. The Kier molecular flexibility index (Phi) is 4.25. The SMILES string of the molecule is CC(=O)[C@@H](O)[C@H](O)[C@H](C)CO. The van der Waals surface area contributed by atoms with E-state index in [9.17, 15) is 4.79 Å². The third kappa shape index (κ3) is 2.96. The Morgan fingerprint density at radius 1 is 1.45 bits per heavy atom.